The van der Waals surface area contributed by atoms with E-state index in [4.69, 9.17) is 10.2 Å². The monoisotopic (exact) mass is 170 g/mol. The molecular formula is C7H8NO4. The lowest BCUT2D eigenvalue weighted by molar-refractivity contribution is -0.151. The average Bonchev–Trinajstić information content (AvgIpc) is 2.04. The van der Waals surface area contributed by atoms with E-state index in [1.807, 2.05) is 0 Å². The molecule has 1 radical (unpaired) electrons. The predicted molar refractivity (Wildman–Crippen MR) is 38.4 cm³/mol. The first kappa shape index (κ1) is 8.58. The Bertz CT molecular complexity index is 236. The Morgan fingerprint density at radius 1 is 1.33 bits per heavy atom. The van der Waals surface area contributed by atoms with Crippen molar-refractivity contribution in [2.45, 2.75) is 0 Å². The maximum atomic E-state index is 10.5. The summed E-state index contributed by atoms with van der Waals surface area (Å²) in [4.78, 5) is 21.0. The van der Waals surface area contributed by atoms with Crippen molar-refractivity contribution in [1.29, 1.82) is 0 Å². The molecule has 1 heterocycles. The molecule has 5 heteroatoms. The highest BCUT2D eigenvalue weighted by molar-refractivity contribution is 5.82. The molecule has 0 saturated carbocycles. The Hall–Kier alpha value is -1.52. The van der Waals surface area contributed by atoms with Gasteiger partial charge in [0.1, 0.15) is 0 Å². The van der Waals surface area contributed by atoms with Crippen LogP contribution in [0.5, 0.6) is 0 Å². The SMILES string of the molecule is O=C(O)C1C=C[N]CC1C(=O)O. The van der Waals surface area contributed by atoms with Crippen molar-refractivity contribution in [3.05, 3.63) is 12.3 Å². The van der Waals surface area contributed by atoms with Gasteiger partial charge in [0.05, 0.1) is 18.4 Å². The summed E-state index contributed by atoms with van der Waals surface area (Å²) in [5.41, 5.74) is 0. The van der Waals surface area contributed by atoms with Crippen molar-refractivity contribution in [3.63, 3.8) is 0 Å². The maximum absolute atomic E-state index is 10.5. The topological polar surface area (TPSA) is 88.7 Å². The van der Waals surface area contributed by atoms with Gasteiger partial charge in [-0.05, 0) is 0 Å². The minimum Gasteiger partial charge on any atom is -0.481 e. The lowest BCUT2D eigenvalue weighted by Crippen LogP contribution is -2.36. The van der Waals surface area contributed by atoms with Gasteiger partial charge in [0, 0.05) is 6.20 Å². The first-order chi connectivity index (χ1) is 5.63. The van der Waals surface area contributed by atoms with Gasteiger partial charge in [-0.2, -0.15) is 0 Å². The van der Waals surface area contributed by atoms with Crippen LogP contribution in [0.15, 0.2) is 12.3 Å². The van der Waals surface area contributed by atoms with E-state index in [2.05, 4.69) is 5.32 Å². The molecule has 1 aliphatic heterocycles. The first-order valence-electron chi connectivity index (χ1n) is 3.42. The summed E-state index contributed by atoms with van der Waals surface area (Å²) >= 11 is 0. The third-order valence-corrected chi connectivity index (χ3v) is 1.74. The number of carboxylic acids is 2. The fraction of sp³-hybridized carbons (Fsp3) is 0.429. The normalized spacial score (nSPS) is 27.7. The van der Waals surface area contributed by atoms with Gasteiger partial charge in [0.25, 0.3) is 0 Å². The lowest BCUT2D eigenvalue weighted by atomic mass is 9.90. The van der Waals surface area contributed by atoms with Crippen LogP contribution in [0.4, 0.5) is 0 Å². The van der Waals surface area contributed by atoms with E-state index in [9.17, 15) is 9.59 Å². The number of carbonyl (C=O) groups is 2. The predicted octanol–water partition coefficient (Wildman–Crippen LogP) is -0.480. The molecule has 1 rings (SSSR count). The minimum absolute atomic E-state index is 0.0444. The van der Waals surface area contributed by atoms with Gasteiger partial charge >= 0.3 is 11.9 Å². The molecule has 0 fully saturated rings. The van der Waals surface area contributed by atoms with Gasteiger partial charge in [-0.25, -0.2) is 0 Å². The maximum Gasteiger partial charge on any atom is 0.311 e. The van der Waals surface area contributed by atoms with E-state index in [0.717, 1.165) is 0 Å². The second-order valence-corrected chi connectivity index (χ2v) is 2.52. The molecular weight excluding hydrogens is 162 g/mol. The van der Waals surface area contributed by atoms with E-state index >= 15 is 0 Å². The number of aliphatic carboxylic acids is 2. The molecule has 12 heavy (non-hydrogen) atoms. The van der Waals surface area contributed by atoms with Crippen LogP contribution in [-0.2, 0) is 9.59 Å². The fourth-order valence-corrected chi connectivity index (χ4v) is 1.06. The summed E-state index contributed by atoms with van der Waals surface area (Å²) in [6.45, 7) is 0.0444. The van der Waals surface area contributed by atoms with E-state index in [0.29, 0.717) is 0 Å². The second-order valence-electron chi connectivity index (χ2n) is 2.52. The molecule has 65 valence electrons. The molecule has 2 atom stereocenters. The van der Waals surface area contributed by atoms with Crippen LogP contribution in [0.3, 0.4) is 0 Å². The van der Waals surface area contributed by atoms with E-state index in [1.165, 1.54) is 12.3 Å². The molecule has 0 aromatic rings. The molecule has 0 saturated heterocycles. The van der Waals surface area contributed by atoms with Crippen molar-refractivity contribution in [2.24, 2.45) is 11.8 Å². The Balaban J connectivity index is 2.79. The first-order valence-corrected chi connectivity index (χ1v) is 3.42. The van der Waals surface area contributed by atoms with Crippen LogP contribution in [0.25, 0.3) is 0 Å². The molecule has 0 bridgehead atoms. The number of rotatable bonds is 2. The summed E-state index contributed by atoms with van der Waals surface area (Å²) in [5, 5.41) is 20.9. The second kappa shape index (κ2) is 3.25. The zero-order valence-corrected chi connectivity index (χ0v) is 6.17. The van der Waals surface area contributed by atoms with E-state index < -0.39 is 23.8 Å². The Labute approximate surface area is 68.7 Å². The molecule has 1 aliphatic rings. The lowest BCUT2D eigenvalue weighted by Gasteiger charge is -2.19. The zero-order chi connectivity index (χ0) is 9.14. The number of carboxylic acid groups (broad SMARTS) is 2. The largest absolute Gasteiger partial charge is 0.481 e. The summed E-state index contributed by atoms with van der Waals surface area (Å²) < 4.78 is 0. The summed E-state index contributed by atoms with van der Waals surface area (Å²) in [5.74, 6) is -4.10. The molecule has 0 aliphatic carbocycles. The Kier molecular flexibility index (Phi) is 2.32. The fourth-order valence-electron chi connectivity index (χ4n) is 1.06. The zero-order valence-electron chi connectivity index (χ0n) is 6.17. The van der Waals surface area contributed by atoms with Gasteiger partial charge in [0.2, 0.25) is 0 Å². The van der Waals surface area contributed by atoms with Gasteiger partial charge in [-0.1, -0.05) is 6.08 Å². The standard InChI is InChI=1S/C7H8NO4/c9-6(10)4-1-2-8-3-5(4)7(11)12/h1-2,4-5H,3H2,(H,9,10)(H,11,12). The van der Waals surface area contributed by atoms with Crippen LogP contribution in [0.2, 0.25) is 0 Å². The van der Waals surface area contributed by atoms with Crippen molar-refractivity contribution >= 4 is 11.9 Å². The minimum atomic E-state index is -1.12. The molecule has 5 nitrogen and oxygen atoms in total. The highest BCUT2D eigenvalue weighted by Gasteiger charge is 2.33. The van der Waals surface area contributed by atoms with Crippen molar-refractivity contribution in [3.8, 4) is 0 Å². The van der Waals surface area contributed by atoms with Gasteiger partial charge in [-0.3, -0.25) is 14.9 Å². The van der Waals surface area contributed by atoms with Crippen LogP contribution < -0.4 is 5.32 Å². The summed E-state index contributed by atoms with van der Waals surface area (Å²) in [6, 6.07) is 0. The Morgan fingerprint density at radius 2 is 2.00 bits per heavy atom. The molecule has 2 N–H and O–H groups in total. The van der Waals surface area contributed by atoms with E-state index in [1.54, 1.807) is 0 Å². The number of hydrogen-bond acceptors (Lipinski definition) is 2. The highest BCUT2D eigenvalue weighted by atomic mass is 16.4. The van der Waals surface area contributed by atoms with Crippen LogP contribution in [-0.4, -0.2) is 28.7 Å². The van der Waals surface area contributed by atoms with Crippen LogP contribution in [0, 0.1) is 11.8 Å². The highest BCUT2D eigenvalue weighted by Crippen LogP contribution is 2.17. The quantitative estimate of drug-likeness (QED) is 0.585. The van der Waals surface area contributed by atoms with Crippen molar-refractivity contribution < 1.29 is 19.8 Å². The molecule has 0 aromatic heterocycles. The third-order valence-electron chi connectivity index (χ3n) is 1.74. The Morgan fingerprint density at radius 3 is 2.42 bits per heavy atom. The molecule has 2 unspecified atom stereocenters. The summed E-state index contributed by atoms with van der Waals surface area (Å²) in [6.07, 6.45) is 2.64. The summed E-state index contributed by atoms with van der Waals surface area (Å²) in [7, 11) is 0. The number of hydrogen-bond donors (Lipinski definition) is 2. The smallest absolute Gasteiger partial charge is 0.311 e. The van der Waals surface area contributed by atoms with Gasteiger partial charge in [0.15, 0.2) is 0 Å². The van der Waals surface area contributed by atoms with E-state index in [-0.39, 0.29) is 6.54 Å². The van der Waals surface area contributed by atoms with Crippen molar-refractivity contribution in [2.75, 3.05) is 6.54 Å². The molecule has 0 spiro atoms. The number of nitrogens with zero attached hydrogens (tertiary/aromatic N) is 1. The van der Waals surface area contributed by atoms with Crippen LogP contribution >= 0.6 is 0 Å². The average molecular weight is 170 g/mol. The van der Waals surface area contributed by atoms with Gasteiger partial charge < -0.3 is 10.2 Å². The van der Waals surface area contributed by atoms with Crippen LogP contribution in [0.1, 0.15) is 0 Å². The van der Waals surface area contributed by atoms with Gasteiger partial charge in [-0.15, -0.1) is 0 Å². The molecule has 0 amide bonds. The molecule has 0 aromatic carbocycles. The third kappa shape index (κ3) is 1.55. The van der Waals surface area contributed by atoms with Crippen molar-refractivity contribution in [1.82, 2.24) is 5.32 Å².